The lowest BCUT2D eigenvalue weighted by atomic mass is 9.99. The van der Waals surface area contributed by atoms with Crippen molar-refractivity contribution in [2.45, 2.75) is 79.1 Å². The van der Waals surface area contributed by atoms with Gasteiger partial charge < -0.3 is 17.0 Å². The molecule has 0 fully saturated rings. The molecule has 8 heteroatoms. The van der Waals surface area contributed by atoms with Crippen molar-refractivity contribution in [1.29, 1.82) is 0 Å². The monoisotopic (exact) mass is 374 g/mol. The van der Waals surface area contributed by atoms with Gasteiger partial charge in [0.05, 0.1) is 0 Å². The Morgan fingerprint density at radius 1 is 0.792 bits per heavy atom. The zero-order valence-corrected chi connectivity index (χ0v) is 17.0. The molecule has 8 N–H and O–H groups in total. The van der Waals surface area contributed by atoms with Crippen molar-refractivity contribution in [2.24, 2.45) is 11.8 Å². The van der Waals surface area contributed by atoms with Crippen LogP contribution in [0.1, 0.15) is 79.1 Å². The lowest BCUT2D eigenvalue weighted by molar-refractivity contribution is 0.0630. The van der Waals surface area contributed by atoms with Gasteiger partial charge in [0.1, 0.15) is 0 Å². The second-order valence-corrected chi connectivity index (χ2v) is 6.71. The molecule has 7 nitrogen and oxygen atoms in total. The van der Waals surface area contributed by atoms with Gasteiger partial charge in [-0.3, -0.25) is 9.11 Å². The van der Waals surface area contributed by atoms with Gasteiger partial charge in [0.2, 0.25) is 0 Å². The van der Waals surface area contributed by atoms with Crippen molar-refractivity contribution in [1.82, 2.24) is 12.3 Å². The SMILES string of the molecule is CCCCC(CC)COCC(CC)CCCC.N.N.O=S(=O)(O)O. The fourth-order valence-electron chi connectivity index (χ4n) is 2.20. The smallest absolute Gasteiger partial charge is 0.381 e. The zero-order chi connectivity index (χ0) is 17.4. The van der Waals surface area contributed by atoms with Crippen LogP contribution in [0.2, 0.25) is 0 Å². The average molecular weight is 375 g/mol. The Hall–Kier alpha value is -0.250. The van der Waals surface area contributed by atoms with Gasteiger partial charge in [-0.05, 0) is 24.7 Å². The maximum atomic E-state index is 8.74. The highest BCUT2D eigenvalue weighted by molar-refractivity contribution is 7.79. The zero-order valence-electron chi connectivity index (χ0n) is 16.2. The van der Waals surface area contributed by atoms with Gasteiger partial charge in [0, 0.05) is 13.2 Å². The molecule has 0 saturated heterocycles. The normalized spacial score (nSPS) is 12.9. The fourth-order valence-corrected chi connectivity index (χ4v) is 2.20. The van der Waals surface area contributed by atoms with E-state index in [0.29, 0.717) is 0 Å². The maximum Gasteiger partial charge on any atom is 0.394 e. The van der Waals surface area contributed by atoms with Crippen LogP contribution in [0.15, 0.2) is 0 Å². The van der Waals surface area contributed by atoms with E-state index in [1.54, 1.807) is 0 Å². The third-order valence-electron chi connectivity index (χ3n) is 3.79. The molecular weight excluding hydrogens is 332 g/mol. The minimum atomic E-state index is -4.67. The molecule has 0 amide bonds. The topological polar surface area (TPSA) is 154 Å². The molecule has 0 aliphatic heterocycles. The van der Waals surface area contributed by atoms with Crippen LogP contribution in [0.5, 0.6) is 0 Å². The largest absolute Gasteiger partial charge is 0.394 e. The van der Waals surface area contributed by atoms with Crippen LogP contribution >= 0.6 is 0 Å². The van der Waals surface area contributed by atoms with E-state index in [0.717, 1.165) is 25.0 Å². The summed E-state index contributed by atoms with van der Waals surface area (Å²) in [6.45, 7) is 11.1. The van der Waals surface area contributed by atoms with Crippen molar-refractivity contribution < 1.29 is 22.3 Å². The summed E-state index contributed by atoms with van der Waals surface area (Å²) in [6.07, 6.45) is 10.6. The van der Waals surface area contributed by atoms with Crippen molar-refractivity contribution >= 4 is 10.4 Å². The first kappa shape index (κ1) is 31.5. The van der Waals surface area contributed by atoms with E-state index >= 15 is 0 Å². The van der Waals surface area contributed by atoms with Gasteiger partial charge in [-0.1, -0.05) is 66.2 Å². The third kappa shape index (κ3) is 29.7. The first-order chi connectivity index (χ1) is 10.3. The van der Waals surface area contributed by atoms with Crippen LogP contribution < -0.4 is 12.3 Å². The Kier molecular flexibility index (Phi) is 27.3. The molecule has 0 aliphatic carbocycles. The minimum absolute atomic E-state index is 0. The molecule has 0 aromatic rings. The highest BCUT2D eigenvalue weighted by Gasteiger charge is 2.09. The van der Waals surface area contributed by atoms with Crippen LogP contribution in [0.4, 0.5) is 0 Å². The lowest BCUT2D eigenvalue weighted by Gasteiger charge is -2.18. The molecule has 152 valence electrons. The molecule has 0 aliphatic rings. The summed E-state index contributed by atoms with van der Waals surface area (Å²) < 4.78 is 37.5. The molecule has 0 rings (SSSR count). The van der Waals surface area contributed by atoms with Gasteiger partial charge in [-0.2, -0.15) is 8.42 Å². The van der Waals surface area contributed by atoms with Crippen molar-refractivity contribution in [3.8, 4) is 0 Å². The van der Waals surface area contributed by atoms with Gasteiger partial charge in [-0.15, -0.1) is 0 Å². The summed E-state index contributed by atoms with van der Waals surface area (Å²) in [5.74, 6) is 1.58. The van der Waals surface area contributed by atoms with Crippen molar-refractivity contribution in [3.05, 3.63) is 0 Å². The quantitative estimate of drug-likeness (QED) is 0.346. The van der Waals surface area contributed by atoms with Gasteiger partial charge in [-0.25, -0.2) is 0 Å². The maximum absolute atomic E-state index is 8.74. The molecule has 2 atom stereocenters. The predicted octanol–water partition coefficient (Wildman–Crippen LogP) is 5.11. The molecular formula is C16H42N2O5S. The lowest BCUT2D eigenvalue weighted by Crippen LogP contribution is -2.14. The molecule has 0 radical (unpaired) electrons. The van der Waals surface area contributed by atoms with Crippen molar-refractivity contribution in [2.75, 3.05) is 13.2 Å². The second kappa shape index (κ2) is 20.8. The van der Waals surface area contributed by atoms with Gasteiger partial charge in [0.25, 0.3) is 0 Å². The molecule has 0 aromatic carbocycles. The van der Waals surface area contributed by atoms with E-state index in [2.05, 4.69) is 27.7 Å². The van der Waals surface area contributed by atoms with E-state index < -0.39 is 10.4 Å². The molecule has 0 saturated carbocycles. The summed E-state index contributed by atoms with van der Waals surface area (Å²) in [4.78, 5) is 0. The third-order valence-corrected chi connectivity index (χ3v) is 3.79. The summed E-state index contributed by atoms with van der Waals surface area (Å²) in [5, 5.41) is 0. The Labute approximate surface area is 149 Å². The first-order valence-corrected chi connectivity index (χ1v) is 9.95. The number of hydrogen-bond acceptors (Lipinski definition) is 5. The highest BCUT2D eigenvalue weighted by Crippen LogP contribution is 2.16. The standard InChI is InChI=1S/C16H34O.2H3N.H2O4S/c1-5-9-11-15(7-3)13-17-14-16(8-4)12-10-6-2;;;1-5(2,3)4/h15-16H,5-14H2,1-4H3;2*1H3;(H2,1,2,3,4). The Bertz CT molecular complexity index is 302. The number of unbranched alkanes of at least 4 members (excludes halogenated alkanes) is 2. The highest BCUT2D eigenvalue weighted by atomic mass is 32.3. The minimum Gasteiger partial charge on any atom is -0.381 e. The molecule has 0 heterocycles. The van der Waals surface area contributed by atoms with Gasteiger partial charge >= 0.3 is 10.4 Å². The van der Waals surface area contributed by atoms with Crippen LogP contribution in [-0.4, -0.2) is 30.7 Å². The Balaban J connectivity index is -0.000000250. The van der Waals surface area contributed by atoms with E-state index in [1.807, 2.05) is 0 Å². The average Bonchev–Trinajstić information content (AvgIpc) is 2.44. The summed E-state index contributed by atoms with van der Waals surface area (Å²) in [6, 6.07) is 0. The predicted molar refractivity (Wildman–Crippen MR) is 102 cm³/mol. The van der Waals surface area contributed by atoms with Crippen LogP contribution in [0, 0.1) is 11.8 Å². The molecule has 0 bridgehead atoms. The summed E-state index contributed by atoms with van der Waals surface area (Å²) >= 11 is 0. The second-order valence-electron chi connectivity index (χ2n) is 5.82. The van der Waals surface area contributed by atoms with E-state index in [1.165, 1.54) is 51.4 Å². The van der Waals surface area contributed by atoms with E-state index in [4.69, 9.17) is 22.3 Å². The number of ether oxygens (including phenoxy) is 1. The Morgan fingerprint density at radius 2 is 1.08 bits per heavy atom. The van der Waals surface area contributed by atoms with Crippen molar-refractivity contribution in [3.63, 3.8) is 0 Å². The molecule has 2 unspecified atom stereocenters. The molecule has 0 spiro atoms. The number of hydrogen-bond donors (Lipinski definition) is 4. The Morgan fingerprint density at radius 3 is 1.29 bits per heavy atom. The van der Waals surface area contributed by atoms with Crippen LogP contribution in [0.3, 0.4) is 0 Å². The number of rotatable bonds is 12. The molecule has 0 aromatic heterocycles. The van der Waals surface area contributed by atoms with Gasteiger partial charge in [0.15, 0.2) is 0 Å². The fraction of sp³-hybridized carbons (Fsp3) is 1.00. The summed E-state index contributed by atoms with van der Waals surface area (Å²) in [5.41, 5.74) is 0. The summed E-state index contributed by atoms with van der Waals surface area (Å²) in [7, 11) is -4.67. The van der Waals surface area contributed by atoms with Crippen LogP contribution in [0.25, 0.3) is 0 Å². The van der Waals surface area contributed by atoms with Crippen LogP contribution in [-0.2, 0) is 15.1 Å². The van der Waals surface area contributed by atoms with E-state index in [9.17, 15) is 0 Å². The first-order valence-electron chi connectivity index (χ1n) is 8.55. The molecule has 24 heavy (non-hydrogen) atoms. The van der Waals surface area contributed by atoms with E-state index in [-0.39, 0.29) is 12.3 Å².